The van der Waals surface area contributed by atoms with E-state index in [4.69, 9.17) is 0 Å². The van der Waals surface area contributed by atoms with Crippen LogP contribution in [-0.4, -0.2) is 24.1 Å². The molecule has 2 rings (SSSR count). The highest BCUT2D eigenvalue weighted by molar-refractivity contribution is 5.96. The summed E-state index contributed by atoms with van der Waals surface area (Å²) in [7, 11) is 1.92. The van der Waals surface area contributed by atoms with Gasteiger partial charge in [-0.05, 0) is 19.1 Å². The molecule has 0 radical (unpaired) electrons. The molecule has 4 nitrogen and oxygen atoms in total. The molecule has 2 N–H and O–H groups in total. The first kappa shape index (κ1) is 9.83. The van der Waals surface area contributed by atoms with Gasteiger partial charge in [-0.2, -0.15) is 0 Å². The number of hydrogen-bond donors (Lipinski definition) is 2. The number of nitrogens with one attached hydrogen (secondary N) is 1. The molecule has 0 aliphatic carbocycles. The lowest BCUT2D eigenvalue weighted by molar-refractivity contribution is -0.116. The van der Waals surface area contributed by atoms with Crippen molar-refractivity contribution < 1.29 is 9.90 Å². The van der Waals surface area contributed by atoms with Gasteiger partial charge >= 0.3 is 0 Å². The van der Waals surface area contributed by atoms with E-state index >= 15 is 0 Å². The second-order valence-electron chi connectivity index (χ2n) is 3.91. The molecule has 1 atom stereocenters. The van der Waals surface area contributed by atoms with Crippen molar-refractivity contribution in [2.75, 3.05) is 17.3 Å². The Bertz CT molecular complexity index is 404. The number of phenolic OH excluding ortho intramolecular Hbond substituents is 1. The largest absolute Gasteiger partial charge is 0.508 e. The Morgan fingerprint density at radius 3 is 3.00 bits per heavy atom. The molecule has 0 aromatic heterocycles. The first-order chi connectivity index (χ1) is 7.08. The van der Waals surface area contributed by atoms with Crippen molar-refractivity contribution >= 4 is 17.3 Å². The second-order valence-corrected chi connectivity index (χ2v) is 3.91. The Morgan fingerprint density at radius 2 is 2.27 bits per heavy atom. The lowest BCUT2D eigenvalue weighted by Crippen LogP contribution is -2.29. The molecule has 80 valence electrons. The van der Waals surface area contributed by atoms with Crippen LogP contribution in [0.15, 0.2) is 18.2 Å². The van der Waals surface area contributed by atoms with E-state index in [2.05, 4.69) is 5.32 Å². The Morgan fingerprint density at radius 1 is 1.53 bits per heavy atom. The highest BCUT2D eigenvalue weighted by atomic mass is 16.3. The third kappa shape index (κ3) is 1.75. The molecule has 1 aromatic rings. The van der Waals surface area contributed by atoms with Gasteiger partial charge < -0.3 is 15.3 Å². The molecule has 0 unspecified atom stereocenters. The topological polar surface area (TPSA) is 52.6 Å². The highest BCUT2D eigenvalue weighted by Crippen LogP contribution is 2.32. The van der Waals surface area contributed by atoms with Crippen LogP contribution in [0.2, 0.25) is 0 Å². The van der Waals surface area contributed by atoms with Crippen molar-refractivity contribution in [2.45, 2.75) is 19.4 Å². The number of benzene rings is 1. The maximum absolute atomic E-state index is 11.5. The number of carbonyl (C=O) groups excluding carboxylic acids is 1. The molecule has 4 heteroatoms. The number of amides is 1. The van der Waals surface area contributed by atoms with Crippen molar-refractivity contribution in [3.05, 3.63) is 18.2 Å². The summed E-state index contributed by atoms with van der Waals surface area (Å²) < 4.78 is 0. The van der Waals surface area contributed by atoms with Gasteiger partial charge in [0.15, 0.2) is 0 Å². The fraction of sp³-hybridized carbons (Fsp3) is 0.364. The summed E-state index contributed by atoms with van der Waals surface area (Å²) >= 11 is 0. The van der Waals surface area contributed by atoms with Crippen LogP contribution in [0.5, 0.6) is 5.75 Å². The number of aromatic hydroxyl groups is 1. The fourth-order valence-electron chi connectivity index (χ4n) is 1.76. The molecule has 0 saturated heterocycles. The van der Waals surface area contributed by atoms with Gasteiger partial charge in [0.2, 0.25) is 5.91 Å². The van der Waals surface area contributed by atoms with Gasteiger partial charge in [-0.1, -0.05) is 0 Å². The van der Waals surface area contributed by atoms with Gasteiger partial charge in [-0.3, -0.25) is 4.79 Å². The average Bonchev–Trinajstić information content (AvgIpc) is 2.27. The molecule has 1 amide bonds. The molecular formula is C11H14N2O2. The number of anilines is 2. The lowest BCUT2D eigenvalue weighted by Gasteiger charge is -2.24. The van der Waals surface area contributed by atoms with Gasteiger partial charge in [0.1, 0.15) is 5.75 Å². The smallest absolute Gasteiger partial charge is 0.226 e. The summed E-state index contributed by atoms with van der Waals surface area (Å²) in [4.78, 5) is 13.5. The number of nitrogens with zero attached hydrogens (tertiary/aromatic N) is 1. The summed E-state index contributed by atoms with van der Waals surface area (Å²) in [5, 5.41) is 12.2. The highest BCUT2D eigenvalue weighted by Gasteiger charge is 2.22. The van der Waals surface area contributed by atoms with Crippen LogP contribution in [0.1, 0.15) is 13.3 Å². The van der Waals surface area contributed by atoms with Crippen LogP contribution >= 0.6 is 0 Å². The zero-order valence-electron chi connectivity index (χ0n) is 8.82. The van der Waals surface area contributed by atoms with Gasteiger partial charge in [0.05, 0.1) is 11.4 Å². The minimum absolute atomic E-state index is 0.0128. The Hall–Kier alpha value is -1.71. The summed E-state index contributed by atoms with van der Waals surface area (Å²) in [5.41, 5.74) is 1.61. The van der Waals surface area contributed by atoms with E-state index in [9.17, 15) is 9.90 Å². The molecule has 0 bridgehead atoms. The van der Waals surface area contributed by atoms with Crippen molar-refractivity contribution in [1.29, 1.82) is 0 Å². The summed E-state index contributed by atoms with van der Waals surface area (Å²) in [6.07, 6.45) is 0.464. The summed E-state index contributed by atoms with van der Waals surface area (Å²) in [6, 6.07) is 5.09. The molecule has 0 saturated carbocycles. The monoisotopic (exact) mass is 206 g/mol. The third-order valence-electron chi connectivity index (χ3n) is 2.78. The van der Waals surface area contributed by atoms with E-state index in [-0.39, 0.29) is 17.7 Å². The molecular weight excluding hydrogens is 192 g/mol. The molecule has 1 aliphatic heterocycles. The Labute approximate surface area is 88.5 Å². The minimum atomic E-state index is 0.0128. The van der Waals surface area contributed by atoms with Crippen LogP contribution < -0.4 is 10.2 Å². The fourth-order valence-corrected chi connectivity index (χ4v) is 1.76. The maximum Gasteiger partial charge on any atom is 0.226 e. The normalized spacial score (nSPS) is 20.5. The van der Waals surface area contributed by atoms with Crippen LogP contribution in [0.4, 0.5) is 11.4 Å². The standard InChI is InChI=1S/C11H14N2O2/c1-7-5-11(15)12-9-4-3-8(14)6-10(9)13(7)2/h3-4,6-7,14H,5H2,1-2H3,(H,12,15)/t7-/m0/s1. The maximum atomic E-state index is 11.5. The first-order valence-electron chi connectivity index (χ1n) is 4.93. The van der Waals surface area contributed by atoms with Crippen LogP contribution in [0, 0.1) is 0 Å². The van der Waals surface area contributed by atoms with Crippen molar-refractivity contribution in [3.8, 4) is 5.75 Å². The second kappa shape index (κ2) is 3.46. The third-order valence-corrected chi connectivity index (χ3v) is 2.78. The molecule has 15 heavy (non-hydrogen) atoms. The Balaban J connectivity index is 2.50. The number of fused-ring (bicyclic) bond motifs is 1. The number of carbonyl (C=O) groups is 1. The van der Waals surface area contributed by atoms with E-state index in [1.807, 2.05) is 18.9 Å². The molecule has 1 aliphatic rings. The molecule has 1 heterocycles. The van der Waals surface area contributed by atoms with Crippen molar-refractivity contribution in [1.82, 2.24) is 0 Å². The molecule has 1 aromatic carbocycles. The number of hydrogen-bond acceptors (Lipinski definition) is 3. The first-order valence-corrected chi connectivity index (χ1v) is 4.93. The van der Waals surface area contributed by atoms with Crippen LogP contribution in [0.3, 0.4) is 0 Å². The van der Waals surface area contributed by atoms with Crippen molar-refractivity contribution in [2.24, 2.45) is 0 Å². The molecule has 0 fully saturated rings. The predicted molar refractivity (Wildman–Crippen MR) is 59.2 cm³/mol. The van der Waals surface area contributed by atoms with Gasteiger partial charge in [-0.15, -0.1) is 0 Å². The number of phenols is 1. The lowest BCUT2D eigenvalue weighted by atomic mass is 10.2. The van der Waals surface area contributed by atoms with E-state index in [0.29, 0.717) is 6.42 Å². The quantitative estimate of drug-likeness (QED) is 0.633. The minimum Gasteiger partial charge on any atom is -0.508 e. The van der Waals surface area contributed by atoms with Gasteiger partial charge in [0, 0.05) is 25.6 Å². The SMILES string of the molecule is C[C@H]1CC(=O)Nc2ccc(O)cc2N1C. The van der Waals surface area contributed by atoms with E-state index in [1.165, 1.54) is 0 Å². The zero-order chi connectivity index (χ0) is 11.0. The van der Waals surface area contributed by atoms with Crippen LogP contribution in [-0.2, 0) is 4.79 Å². The summed E-state index contributed by atoms with van der Waals surface area (Å²) in [5.74, 6) is 0.225. The van der Waals surface area contributed by atoms with E-state index < -0.39 is 0 Å². The van der Waals surface area contributed by atoms with Gasteiger partial charge in [0.25, 0.3) is 0 Å². The predicted octanol–water partition coefficient (Wildman–Crippen LogP) is 1.56. The molecule has 0 spiro atoms. The summed E-state index contributed by atoms with van der Waals surface area (Å²) in [6.45, 7) is 1.98. The Kier molecular flexibility index (Phi) is 2.26. The average molecular weight is 206 g/mol. The van der Waals surface area contributed by atoms with Crippen LogP contribution in [0.25, 0.3) is 0 Å². The van der Waals surface area contributed by atoms with Gasteiger partial charge in [-0.25, -0.2) is 0 Å². The van der Waals surface area contributed by atoms with E-state index in [1.54, 1.807) is 18.2 Å². The number of rotatable bonds is 0. The zero-order valence-corrected chi connectivity index (χ0v) is 8.82. The van der Waals surface area contributed by atoms with Crippen molar-refractivity contribution in [3.63, 3.8) is 0 Å². The van der Waals surface area contributed by atoms with E-state index in [0.717, 1.165) is 11.4 Å².